The number of amides is 2. The molecule has 148 valence electrons. The molecule has 28 heavy (non-hydrogen) atoms. The Morgan fingerprint density at radius 2 is 2.04 bits per heavy atom. The van der Waals surface area contributed by atoms with E-state index in [1.807, 2.05) is 0 Å². The molecule has 1 aliphatic carbocycles. The Kier molecular flexibility index (Phi) is 6.03. The monoisotopic (exact) mass is 386 g/mol. The molecule has 0 atom stereocenters. The van der Waals surface area contributed by atoms with Crippen LogP contribution in [0.3, 0.4) is 0 Å². The molecule has 0 radical (unpaired) electrons. The lowest BCUT2D eigenvalue weighted by Crippen LogP contribution is -2.45. The van der Waals surface area contributed by atoms with Crippen molar-refractivity contribution in [3.05, 3.63) is 51.8 Å². The minimum atomic E-state index is -0.506. The molecule has 9 nitrogen and oxygen atoms in total. The van der Waals surface area contributed by atoms with Crippen LogP contribution in [0.15, 0.2) is 35.1 Å². The van der Waals surface area contributed by atoms with Crippen LogP contribution in [0.2, 0.25) is 0 Å². The molecule has 1 heterocycles. The summed E-state index contributed by atoms with van der Waals surface area (Å²) in [5, 5.41) is 17.4. The second kappa shape index (κ2) is 8.64. The summed E-state index contributed by atoms with van der Waals surface area (Å²) in [4.78, 5) is 37.8. The second-order valence-electron chi connectivity index (χ2n) is 6.92. The Labute approximate surface area is 161 Å². The molecular formula is C19H22N4O5. The number of aryl methyl sites for hydroxylation is 1. The van der Waals surface area contributed by atoms with Crippen LogP contribution in [0.4, 0.5) is 11.5 Å². The smallest absolute Gasteiger partial charge is 0.273 e. The first-order valence-corrected chi connectivity index (χ1v) is 9.22. The number of carbonyl (C=O) groups is 2. The highest BCUT2D eigenvalue weighted by Gasteiger charge is 2.29. The van der Waals surface area contributed by atoms with Crippen molar-refractivity contribution in [2.24, 2.45) is 0 Å². The van der Waals surface area contributed by atoms with Gasteiger partial charge < -0.3 is 14.7 Å². The molecule has 2 amide bonds. The SMILES string of the molecule is Cc1ccc(C(=O)N(CC(=O)Nc2ccon2)C2CCCCC2)cc1[N+](=O)[O-]. The van der Waals surface area contributed by atoms with Gasteiger partial charge in [0, 0.05) is 29.3 Å². The molecule has 1 N–H and O–H groups in total. The number of rotatable bonds is 6. The fourth-order valence-electron chi connectivity index (χ4n) is 3.48. The van der Waals surface area contributed by atoms with Gasteiger partial charge in [-0.05, 0) is 25.8 Å². The zero-order valence-corrected chi connectivity index (χ0v) is 15.6. The highest BCUT2D eigenvalue weighted by Crippen LogP contribution is 2.26. The summed E-state index contributed by atoms with van der Waals surface area (Å²) in [5.41, 5.74) is 0.577. The molecule has 1 fully saturated rings. The van der Waals surface area contributed by atoms with Crippen LogP contribution in [0.25, 0.3) is 0 Å². The van der Waals surface area contributed by atoms with Crippen LogP contribution in [0.5, 0.6) is 0 Å². The number of aromatic nitrogens is 1. The van der Waals surface area contributed by atoms with Crippen molar-refractivity contribution in [2.45, 2.75) is 45.1 Å². The fraction of sp³-hybridized carbons (Fsp3) is 0.421. The van der Waals surface area contributed by atoms with Crippen LogP contribution < -0.4 is 5.32 Å². The minimum Gasteiger partial charge on any atom is -0.363 e. The van der Waals surface area contributed by atoms with Crippen molar-refractivity contribution in [2.75, 3.05) is 11.9 Å². The summed E-state index contributed by atoms with van der Waals surface area (Å²) >= 11 is 0. The zero-order valence-electron chi connectivity index (χ0n) is 15.6. The summed E-state index contributed by atoms with van der Waals surface area (Å²) in [6.07, 6.45) is 6.00. The van der Waals surface area contributed by atoms with Gasteiger partial charge in [0.1, 0.15) is 12.8 Å². The van der Waals surface area contributed by atoms with E-state index in [0.717, 1.165) is 32.1 Å². The Hall–Kier alpha value is -3.23. The standard InChI is InChI=1S/C19H22N4O5/c1-13-7-8-14(11-16(13)23(26)27)19(25)22(15-5-3-2-4-6-15)12-18(24)20-17-9-10-28-21-17/h7-11,15H,2-6,12H2,1H3,(H,20,21,24). The molecule has 3 rings (SSSR count). The number of nitrogens with zero attached hydrogens (tertiary/aromatic N) is 3. The van der Waals surface area contributed by atoms with E-state index in [2.05, 4.69) is 10.5 Å². The first-order chi connectivity index (χ1) is 13.5. The predicted octanol–water partition coefficient (Wildman–Crippen LogP) is 3.30. The summed E-state index contributed by atoms with van der Waals surface area (Å²) in [6.45, 7) is 1.47. The normalized spacial score (nSPS) is 14.5. The van der Waals surface area contributed by atoms with E-state index in [9.17, 15) is 19.7 Å². The lowest BCUT2D eigenvalue weighted by Gasteiger charge is -2.34. The highest BCUT2D eigenvalue weighted by molar-refractivity contribution is 5.99. The molecule has 0 bridgehead atoms. The highest BCUT2D eigenvalue weighted by atomic mass is 16.6. The Morgan fingerprint density at radius 1 is 1.29 bits per heavy atom. The van der Waals surface area contributed by atoms with Gasteiger partial charge in [0.2, 0.25) is 5.91 Å². The van der Waals surface area contributed by atoms with Gasteiger partial charge >= 0.3 is 0 Å². The first-order valence-electron chi connectivity index (χ1n) is 9.22. The van der Waals surface area contributed by atoms with E-state index >= 15 is 0 Å². The maximum atomic E-state index is 13.2. The number of hydrogen-bond donors (Lipinski definition) is 1. The average molecular weight is 386 g/mol. The van der Waals surface area contributed by atoms with Gasteiger partial charge in [-0.15, -0.1) is 0 Å². The number of nitro groups is 1. The van der Waals surface area contributed by atoms with E-state index in [1.54, 1.807) is 19.1 Å². The maximum absolute atomic E-state index is 13.2. The fourth-order valence-corrected chi connectivity index (χ4v) is 3.48. The van der Waals surface area contributed by atoms with Crippen LogP contribution in [-0.2, 0) is 4.79 Å². The molecule has 9 heteroatoms. The number of anilines is 1. The lowest BCUT2D eigenvalue weighted by molar-refractivity contribution is -0.385. The van der Waals surface area contributed by atoms with Crippen LogP contribution in [0.1, 0.15) is 48.0 Å². The van der Waals surface area contributed by atoms with Crippen LogP contribution in [0, 0.1) is 17.0 Å². The third kappa shape index (κ3) is 4.54. The predicted molar refractivity (Wildman–Crippen MR) is 101 cm³/mol. The maximum Gasteiger partial charge on any atom is 0.273 e. The number of carbonyl (C=O) groups excluding carboxylic acids is 2. The Morgan fingerprint density at radius 3 is 2.68 bits per heavy atom. The lowest BCUT2D eigenvalue weighted by atomic mass is 9.93. The van der Waals surface area contributed by atoms with Gasteiger partial charge in [0.25, 0.3) is 11.6 Å². The molecule has 0 saturated heterocycles. The van der Waals surface area contributed by atoms with E-state index in [4.69, 9.17) is 4.52 Å². The van der Waals surface area contributed by atoms with Crippen LogP contribution >= 0.6 is 0 Å². The van der Waals surface area contributed by atoms with Crippen LogP contribution in [-0.4, -0.2) is 39.4 Å². The van der Waals surface area contributed by atoms with Gasteiger partial charge in [0.05, 0.1) is 4.92 Å². The topological polar surface area (TPSA) is 119 Å². The largest absolute Gasteiger partial charge is 0.363 e. The van der Waals surface area contributed by atoms with Crippen molar-refractivity contribution in [3.63, 3.8) is 0 Å². The first kappa shape index (κ1) is 19.5. The Bertz CT molecular complexity index is 859. The summed E-state index contributed by atoms with van der Waals surface area (Å²) in [5.74, 6) is -0.508. The van der Waals surface area contributed by atoms with E-state index in [1.165, 1.54) is 23.3 Å². The minimum absolute atomic E-state index is 0.0790. The second-order valence-corrected chi connectivity index (χ2v) is 6.92. The van der Waals surface area contributed by atoms with Crippen molar-refractivity contribution in [3.8, 4) is 0 Å². The summed E-state index contributed by atoms with van der Waals surface area (Å²) < 4.78 is 4.69. The van der Waals surface area contributed by atoms with Gasteiger partial charge in [-0.25, -0.2) is 0 Å². The number of nitrogens with one attached hydrogen (secondary N) is 1. The molecule has 0 spiro atoms. The summed E-state index contributed by atoms with van der Waals surface area (Å²) in [6, 6.07) is 5.83. The molecule has 2 aromatic rings. The third-order valence-corrected chi connectivity index (χ3v) is 4.95. The summed E-state index contributed by atoms with van der Waals surface area (Å²) in [7, 11) is 0. The third-order valence-electron chi connectivity index (χ3n) is 4.95. The molecule has 0 aliphatic heterocycles. The molecule has 0 unspecified atom stereocenters. The quantitative estimate of drug-likeness (QED) is 0.601. The molecule has 1 saturated carbocycles. The average Bonchev–Trinajstić information content (AvgIpc) is 3.19. The van der Waals surface area contributed by atoms with Crippen molar-refractivity contribution >= 4 is 23.3 Å². The molecule has 1 aromatic heterocycles. The number of benzene rings is 1. The van der Waals surface area contributed by atoms with E-state index < -0.39 is 10.8 Å². The molecule has 1 aromatic carbocycles. The van der Waals surface area contributed by atoms with Gasteiger partial charge in [-0.3, -0.25) is 19.7 Å². The van der Waals surface area contributed by atoms with Gasteiger partial charge in [0.15, 0.2) is 5.82 Å². The van der Waals surface area contributed by atoms with Crippen molar-refractivity contribution < 1.29 is 19.0 Å². The number of nitro benzene ring substituents is 1. The van der Waals surface area contributed by atoms with Crippen molar-refractivity contribution in [1.29, 1.82) is 0 Å². The van der Waals surface area contributed by atoms with Gasteiger partial charge in [-0.2, -0.15) is 0 Å². The Balaban J connectivity index is 1.83. The zero-order chi connectivity index (χ0) is 20.1. The number of hydrogen-bond acceptors (Lipinski definition) is 6. The van der Waals surface area contributed by atoms with Crippen molar-refractivity contribution in [1.82, 2.24) is 10.1 Å². The van der Waals surface area contributed by atoms with E-state index in [-0.39, 0.29) is 35.6 Å². The van der Waals surface area contributed by atoms with E-state index in [0.29, 0.717) is 5.56 Å². The molecule has 1 aliphatic rings. The van der Waals surface area contributed by atoms with Gasteiger partial charge in [-0.1, -0.05) is 30.5 Å². The molecular weight excluding hydrogens is 364 g/mol.